The van der Waals surface area contributed by atoms with Crippen LogP contribution in [0.4, 0.5) is 29.2 Å². The van der Waals surface area contributed by atoms with Crippen molar-refractivity contribution in [3.8, 4) is 22.4 Å². The second kappa shape index (κ2) is 9.55. The van der Waals surface area contributed by atoms with Gasteiger partial charge in [-0.2, -0.15) is 13.2 Å². The molecule has 9 heteroatoms. The lowest BCUT2D eigenvalue weighted by molar-refractivity contribution is -0.137. The Morgan fingerprint density at radius 2 is 1.83 bits per heavy atom. The standard InChI is InChI=1S/C27H21F4N5/c1-32-24-9-7-18(13-22(24)28)25-20-12-17(19-4-2-3-5-21(19)27(29,30)31)6-8-23(20)35-26(36-25)34-15-16-10-11-33-14-16/h2-9,12-13,16,33H,10-11,14-15H2,(H,34,35,36)/t16-/m0/s1. The van der Waals surface area contributed by atoms with Crippen LogP contribution in [-0.4, -0.2) is 29.6 Å². The molecule has 2 N–H and O–H groups in total. The van der Waals surface area contributed by atoms with E-state index in [2.05, 4.69) is 25.4 Å². The minimum absolute atomic E-state index is 0.0309. The van der Waals surface area contributed by atoms with Crippen molar-refractivity contribution in [1.29, 1.82) is 0 Å². The molecule has 2 heterocycles. The van der Waals surface area contributed by atoms with Crippen molar-refractivity contribution < 1.29 is 17.6 Å². The van der Waals surface area contributed by atoms with E-state index in [9.17, 15) is 17.6 Å². The number of anilines is 1. The third kappa shape index (κ3) is 4.72. The normalized spacial score (nSPS) is 15.7. The summed E-state index contributed by atoms with van der Waals surface area (Å²) in [5.74, 6) is 0.0752. The van der Waals surface area contributed by atoms with Crippen LogP contribution in [0, 0.1) is 18.3 Å². The Bertz CT molecular complexity index is 1470. The highest BCUT2D eigenvalue weighted by Crippen LogP contribution is 2.39. The molecule has 36 heavy (non-hydrogen) atoms. The summed E-state index contributed by atoms with van der Waals surface area (Å²) in [5, 5.41) is 7.03. The average Bonchev–Trinajstić information content (AvgIpc) is 3.40. The molecule has 1 saturated heterocycles. The number of hydrogen-bond acceptors (Lipinski definition) is 4. The summed E-state index contributed by atoms with van der Waals surface area (Å²) in [4.78, 5) is 12.4. The molecular formula is C27H21F4N5. The van der Waals surface area contributed by atoms with Crippen molar-refractivity contribution in [1.82, 2.24) is 15.3 Å². The van der Waals surface area contributed by atoms with Crippen LogP contribution < -0.4 is 10.6 Å². The lowest BCUT2D eigenvalue weighted by Crippen LogP contribution is -2.18. The molecule has 1 atom stereocenters. The Morgan fingerprint density at radius 1 is 1.03 bits per heavy atom. The maximum atomic E-state index is 14.5. The van der Waals surface area contributed by atoms with Gasteiger partial charge in [0.2, 0.25) is 11.6 Å². The molecule has 4 aromatic rings. The first-order valence-corrected chi connectivity index (χ1v) is 11.4. The predicted octanol–water partition coefficient (Wildman–Crippen LogP) is 6.69. The van der Waals surface area contributed by atoms with Crippen LogP contribution in [0.5, 0.6) is 0 Å². The average molecular weight is 491 g/mol. The fraction of sp³-hybridized carbons (Fsp3) is 0.222. The van der Waals surface area contributed by atoms with E-state index in [0.29, 0.717) is 46.1 Å². The summed E-state index contributed by atoms with van der Waals surface area (Å²) >= 11 is 0. The Hall–Kier alpha value is -4.03. The Morgan fingerprint density at radius 3 is 2.56 bits per heavy atom. The number of benzene rings is 3. The number of aromatic nitrogens is 2. The van der Waals surface area contributed by atoms with Crippen LogP contribution in [0.3, 0.4) is 0 Å². The summed E-state index contributed by atoms with van der Waals surface area (Å²) in [6, 6.07) is 14.4. The Labute approximate surface area is 205 Å². The van der Waals surface area contributed by atoms with Crippen LogP contribution in [0.2, 0.25) is 0 Å². The monoisotopic (exact) mass is 491 g/mol. The van der Waals surface area contributed by atoms with Crippen molar-refractivity contribution in [2.24, 2.45) is 5.92 Å². The molecule has 0 radical (unpaired) electrons. The number of alkyl halides is 3. The van der Waals surface area contributed by atoms with Gasteiger partial charge in [0, 0.05) is 17.5 Å². The quantitative estimate of drug-likeness (QED) is 0.241. The number of fused-ring (bicyclic) bond motifs is 1. The summed E-state index contributed by atoms with van der Waals surface area (Å²) in [6.45, 7) is 9.60. The first kappa shape index (κ1) is 23.7. The zero-order valence-electron chi connectivity index (χ0n) is 19.0. The van der Waals surface area contributed by atoms with Gasteiger partial charge < -0.3 is 10.6 Å². The van der Waals surface area contributed by atoms with Gasteiger partial charge in [0.15, 0.2) is 0 Å². The van der Waals surface area contributed by atoms with E-state index in [-0.39, 0.29) is 11.3 Å². The maximum Gasteiger partial charge on any atom is 0.417 e. The second-order valence-electron chi connectivity index (χ2n) is 8.69. The largest absolute Gasteiger partial charge is 0.417 e. The third-order valence-corrected chi connectivity index (χ3v) is 6.29. The number of nitrogens with zero attached hydrogens (tertiary/aromatic N) is 3. The number of nitrogens with one attached hydrogen (secondary N) is 2. The minimum Gasteiger partial charge on any atom is -0.354 e. The number of halogens is 4. The van der Waals surface area contributed by atoms with Crippen LogP contribution >= 0.6 is 0 Å². The van der Waals surface area contributed by atoms with Crippen LogP contribution in [0.25, 0.3) is 38.1 Å². The summed E-state index contributed by atoms with van der Waals surface area (Å²) < 4.78 is 55.5. The highest BCUT2D eigenvalue weighted by molar-refractivity contribution is 5.96. The fourth-order valence-corrected chi connectivity index (χ4v) is 4.45. The summed E-state index contributed by atoms with van der Waals surface area (Å²) in [7, 11) is 0. The van der Waals surface area contributed by atoms with Gasteiger partial charge in [-0.15, -0.1) is 0 Å². The molecular weight excluding hydrogens is 470 g/mol. The van der Waals surface area contributed by atoms with Gasteiger partial charge in [0.25, 0.3) is 0 Å². The molecule has 0 spiro atoms. The molecule has 0 saturated carbocycles. The van der Waals surface area contributed by atoms with Gasteiger partial charge in [-0.05, 0) is 60.8 Å². The number of rotatable bonds is 5. The van der Waals surface area contributed by atoms with Crippen molar-refractivity contribution in [2.75, 3.05) is 25.0 Å². The first-order valence-electron chi connectivity index (χ1n) is 11.4. The molecule has 5 rings (SSSR count). The van der Waals surface area contributed by atoms with E-state index in [0.717, 1.165) is 25.6 Å². The zero-order valence-corrected chi connectivity index (χ0v) is 19.0. The molecule has 3 aromatic carbocycles. The summed E-state index contributed by atoms with van der Waals surface area (Å²) in [5.41, 5.74) is 0.786. The molecule has 1 aromatic heterocycles. The highest BCUT2D eigenvalue weighted by Gasteiger charge is 2.33. The Kier molecular flexibility index (Phi) is 6.29. The molecule has 182 valence electrons. The third-order valence-electron chi connectivity index (χ3n) is 6.29. The second-order valence-corrected chi connectivity index (χ2v) is 8.69. The van der Waals surface area contributed by atoms with Gasteiger partial charge in [0.1, 0.15) is 5.82 Å². The molecule has 5 nitrogen and oxygen atoms in total. The van der Waals surface area contributed by atoms with Crippen molar-refractivity contribution >= 4 is 22.5 Å². The van der Waals surface area contributed by atoms with Crippen molar-refractivity contribution in [3.05, 3.63) is 83.5 Å². The van der Waals surface area contributed by atoms with Crippen molar-refractivity contribution in [3.63, 3.8) is 0 Å². The zero-order chi connectivity index (χ0) is 25.3. The molecule has 1 aliphatic heterocycles. The van der Waals surface area contributed by atoms with Crippen molar-refractivity contribution in [2.45, 2.75) is 12.6 Å². The first-order chi connectivity index (χ1) is 17.3. The van der Waals surface area contributed by atoms with E-state index in [1.807, 2.05) is 0 Å². The fourth-order valence-electron chi connectivity index (χ4n) is 4.45. The van der Waals surface area contributed by atoms with Gasteiger partial charge in [-0.25, -0.2) is 19.2 Å². The molecule has 0 unspecified atom stereocenters. The predicted molar refractivity (Wildman–Crippen MR) is 131 cm³/mol. The van der Waals surface area contributed by atoms with Gasteiger partial charge >= 0.3 is 6.18 Å². The Balaban J connectivity index is 1.65. The van der Waals surface area contributed by atoms with Gasteiger partial charge in [0.05, 0.1) is 23.3 Å². The lowest BCUT2D eigenvalue weighted by Gasteiger charge is -2.16. The van der Waals surface area contributed by atoms with Gasteiger partial charge in [-0.1, -0.05) is 36.4 Å². The maximum absolute atomic E-state index is 14.5. The van der Waals surface area contributed by atoms with E-state index >= 15 is 0 Å². The van der Waals surface area contributed by atoms with Crippen LogP contribution in [0.15, 0.2) is 60.7 Å². The van der Waals surface area contributed by atoms with Crippen LogP contribution in [0.1, 0.15) is 12.0 Å². The number of hydrogen-bond donors (Lipinski definition) is 2. The molecule has 1 fully saturated rings. The molecule has 1 aliphatic rings. The smallest absolute Gasteiger partial charge is 0.354 e. The molecule has 0 amide bonds. The van der Waals surface area contributed by atoms with Gasteiger partial charge in [-0.3, -0.25) is 0 Å². The summed E-state index contributed by atoms with van der Waals surface area (Å²) in [6.07, 6.45) is -3.49. The minimum atomic E-state index is -4.52. The molecule has 0 bridgehead atoms. The highest BCUT2D eigenvalue weighted by atomic mass is 19.4. The topological polar surface area (TPSA) is 54.2 Å². The van der Waals surface area contributed by atoms with E-state index < -0.39 is 17.6 Å². The van der Waals surface area contributed by atoms with E-state index in [1.165, 1.54) is 24.3 Å². The lowest BCUT2D eigenvalue weighted by atomic mass is 9.96. The van der Waals surface area contributed by atoms with E-state index in [4.69, 9.17) is 6.57 Å². The molecule has 0 aliphatic carbocycles. The van der Waals surface area contributed by atoms with E-state index in [1.54, 1.807) is 30.3 Å². The van der Waals surface area contributed by atoms with Crippen LogP contribution in [-0.2, 0) is 6.18 Å². The SMILES string of the molecule is [C-]#[N+]c1ccc(-c2nc(NC[C@H]3CCNC3)nc3ccc(-c4ccccc4C(F)(F)F)cc23)cc1F.